The molecule has 1 aliphatic carbocycles. The largest absolute Gasteiger partial charge is 0.450 e. The van der Waals surface area contributed by atoms with Crippen LogP contribution in [-0.2, 0) is 4.74 Å². The number of carbonyl (C=O) groups is 1. The van der Waals surface area contributed by atoms with Crippen LogP contribution in [0.15, 0.2) is 16.6 Å². The number of ether oxygens (including phenoxy) is 1. The lowest BCUT2D eigenvalue weighted by molar-refractivity contribution is 0.0915. The zero-order chi connectivity index (χ0) is 16.5. The Hall–Kier alpha value is -1.72. The van der Waals surface area contributed by atoms with E-state index in [1.54, 1.807) is 10.5 Å². The van der Waals surface area contributed by atoms with Crippen molar-refractivity contribution in [3.8, 4) is 0 Å². The molecule has 1 amide bonds. The average Bonchev–Trinajstić information content (AvgIpc) is 2.60. The van der Waals surface area contributed by atoms with Gasteiger partial charge < -0.3 is 19.9 Å². The summed E-state index contributed by atoms with van der Waals surface area (Å²) in [6, 6.07) is 0. The van der Waals surface area contributed by atoms with E-state index >= 15 is 0 Å². The van der Waals surface area contributed by atoms with Crippen molar-refractivity contribution in [1.82, 2.24) is 15.1 Å². The Kier molecular flexibility index (Phi) is 7.23. The van der Waals surface area contributed by atoms with Gasteiger partial charge in [-0.3, -0.25) is 4.99 Å². The molecule has 1 aliphatic heterocycles. The van der Waals surface area contributed by atoms with Crippen LogP contribution >= 0.6 is 0 Å². The zero-order valence-corrected chi connectivity index (χ0v) is 14.5. The van der Waals surface area contributed by atoms with Gasteiger partial charge in [-0.15, -0.1) is 0 Å². The molecule has 1 saturated heterocycles. The fraction of sp³-hybridized carbons (Fsp3) is 0.765. The zero-order valence-electron chi connectivity index (χ0n) is 14.5. The van der Waals surface area contributed by atoms with Gasteiger partial charge in [0.25, 0.3) is 0 Å². The summed E-state index contributed by atoms with van der Waals surface area (Å²) < 4.78 is 5.05. The molecule has 0 radical (unpaired) electrons. The lowest BCUT2D eigenvalue weighted by Crippen LogP contribution is -2.54. The summed E-state index contributed by atoms with van der Waals surface area (Å²) >= 11 is 0. The van der Waals surface area contributed by atoms with Crippen LogP contribution in [-0.4, -0.2) is 68.2 Å². The van der Waals surface area contributed by atoms with Crippen molar-refractivity contribution in [2.24, 2.45) is 4.99 Å². The highest BCUT2D eigenvalue weighted by atomic mass is 16.6. The van der Waals surface area contributed by atoms with Gasteiger partial charge in [-0.1, -0.05) is 11.6 Å². The molecule has 23 heavy (non-hydrogen) atoms. The Balaban J connectivity index is 1.72. The smallest absolute Gasteiger partial charge is 0.409 e. The maximum Gasteiger partial charge on any atom is 0.409 e. The van der Waals surface area contributed by atoms with Gasteiger partial charge in [-0.05, 0) is 39.0 Å². The van der Waals surface area contributed by atoms with Gasteiger partial charge in [0.1, 0.15) is 0 Å². The van der Waals surface area contributed by atoms with Gasteiger partial charge in [-0.2, -0.15) is 0 Å². The molecule has 6 nitrogen and oxygen atoms in total. The second-order valence-electron chi connectivity index (χ2n) is 6.01. The number of carbonyl (C=O) groups excluding carboxylic acids is 1. The molecule has 0 bridgehead atoms. The van der Waals surface area contributed by atoms with Crippen molar-refractivity contribution in [3.05, 3.63) is 11.6 Å². The van der Waals surface area contributed by atoms with Crippen molar-refractivity contribution in [2.45, 2.75) is 39.0 Å². The minimum absolute atomic E-state index is 0.209. The van der Waals surface area contributed by atoms with E-state index in [9.17, 15) is 4.79 Å². The van der Waals surface area contributed by atoms with Crippen molar-refractivity contribution in [1.29, 1.82) is 0 Å². The molecule has 2 aliphatic rings. The monoisotopic (exact) mass is 322 g/mol. The quantitative estimate of drug-likeness (QED) is 0.490. The molecule has 1 fully saturated rings. The van der Waals surface area contributed by atoms with Crippen LogP contribution in [0.3, 0.4) is 0 Å². The average molecular weight is 322 g/mol. The fourth-order valence-corrected chi connectivity index (χ4v) is 3.11. The summed E-state index contributed by atoms with van der Waals surface area (Å²) in [6.07, 6.45) is 8.44. The number of piperazine rings is 1. The molecule has 0 saturated carbocycles. The highest BCUT2D eigenvalue weighted by Gasteiger charge is 2.23. The third-order valence-corrected chi connectivity index (χ3v) is 4.43. The van der Waals surface area contributed by atoms with Crippen LogP contribution in [0.2, 0.25) is 0 Å². The van der Waals surface area contributed by atoms with Crippen LogP contribution in [0.5, 0.6) is 0 Å². The molecule has 1 N–H and O–H groups in total. The molecule has 0 aromatic rings. The number of hydrogen-bond acceptors (Lipinski definition) is 3. The van der Waals surface area contributed by atoms with Crippen molar-refractivity contribution >= 4 is 12.1 Å². The molecule has 6 heteroatoms. The minimum Gasteiger partial charge on any atom is -0.450 e. The first-order valence-corrected chi connectivity index (χ1v) is 8.79. The SMILES string of the molecule is CCOC(=O)N1CCN(C(=NC)NCCC2=CCCCC2)CC1. The van der Waals surface area contributed by atoms with Gasteiger partial charge in [0, 0.05) is 39.8 Å². The summed E-state index contributed by atoms with van der Waals surface area (Å²) in [6.45, 7) is 6.15. The molecule has 0 atom stereocenters. The first kappa shape index (κ1) is 17.6. The molecule has 1 heterocycles. The Morgan fingerprint density at radius 3 is 2.61 bits per heavy atom. The van der Waals surface area contributed by atoms with Crippen molar-refractivity contribution < 1.29 is 9.53 Å². The van der Waals surface area contributed by atoms with Crippen LogP contribution in [0.25, 0.3) is 0 Å². The first-order chi connectivity index (χ1) is 11.2. The number of aliphatic imine (C=N–C) groups is 1. The third kappa shape index (κ3) is 5.44. The lowest BCUT2D eigenvalue weighted by Gasteiger charge is -2.35. The Morgan fingerprint density at radius 2 is 2.00 bits per heavy atom. The molecular weight excluding hydrogens is 292 g/mol. The predicted octanol–water partition coefficient (Wildman–Crippen LogP) is 2.23. The fourth-order valence-electron chi connectivity index (χ4n) is 3.11. The number of allylic oxidation sites excluding steroid dienone is 1. The van der Waals surface area contributed by atoms with E-state index in [0.29, 0.717) is 19.7 Å². The number of nitrogens with zero attached hydrogens (tertiary/aromatic N) is 3. The molecule has 0 aromatic heterocycles. The number of nitrogens with one attached hydrogen (secondary N) is 1. The van der Waals surface area contributed by atoms with Gasteiger partial charge in [0.05, 0.1) is 6.61 Å². The second-order valence-corrected chi connectivity index (χ2v) is 6.01. The van der Waals surface area contributed by atoms with Crippen LogP contribution in [0.1, 0.15) is 39.0 Å². The summed E-state index contributed by atoms with van der Waals surface area (Å²) in [4.78, 5) is 20.1. The molecule has 0 aromatic carbocycles. The molecule has 0 spiro atoms. The summed E-state index contributed by atoms with van der Waals surface area (Å²) in [5, 5.41) is 3.46. The van der Waals surface area contributed by atoms with E-state index in [1.807, 2.05) is 14.0 Å². The van der Waals surface area contributed by atoms with Crippen LogP contribution < -0.4 is 5.32 Å². The summed E-state index contributed by atoms with van der Waals surface area (Å²) in [5.41, 5.74) is 1.58. The maximum absolute atomic E-state index is 11.7. The van der Waals surface area contributed by atoms with Crippen LogP contribution in [0, 0.1) is 0 Å². The lowest BCUT2D eigenvalue weighted by atomic mass is 9.97. The van der Waals surface area contributed by atoms with E-state index in [4.69, 9.17) is 4.74 Å². The summed E-state index contributed by atoms with van der Waals surface area (Å²) in [7, 11) is 1.82. The first-order valence-electron chi connectivity index (χ1n) is 8.79. The predicted molar refractivity (Wildman–Crippen MR) is 92.7 cm³/mol. The van der Waals surface area contributed by atoms with Gasteiger partial charge in [0.15, 0.2) is 5.96 Å². The van der Waals surface area contributed by atoms with Gasteiger partial charge in [-0.25, -0.2) is 4.79 Å². The minimum atomic E-state index is -0.209. The van der Waals surface area contributed by atoms with E-state index in [2.05, 4.69) is 21.3 Å². The highest BCUT2D eigenvalue weighted by molar-refractivity contribution is 5.80. The second kappa shape index (κ2) is 9.43. The summed E-state index contributed by atoms with van der Waals surface area (Å²) in [5.74, 6) is 0.935. The van der Waals surface area contributed by atoms with E-state index in [1.165, 1.54) is 25.7 Å². The molecular formula is C17H30N4O2. The number of amides is 1. The topological polar surface area (TPSA) is 57.2 Å². The molecule has 130 valence electrons. The number of hydrogen-bond donors (Lipinski definition) is 1. The van der Waals surface area contributed by atoms with E-state index in [-0.39, 0.29) is 6.09 Å². The Morgan fingerprint density at radius 1 is 1.26 bits per heavy atom. The molecule has 2 rings (SSSR count). The highest BCUT2D eigenvalue weighted by Crippen LogP contribution is 2.19. The van der Waals surface area contributed by atoms with Gasteiger partial charge >= 0.3 is 6.09 Å². The van der Waals surface area contributed by atoms with Crippen molar-refractivity contribution in [2.75, 3.05) is 46.4 Å². The number of rotatable bonds is 4. The van der Waals surface area contributed by atoms with Crippen molar-refractivity contribution in [3.63, 3.8) is 0 Å². The standard InChI is InChI=1S/C17H30N4O2/c1-3-23-17(22)21-13-11-20(12-14-21)16(18-2)19-10-9-15-7-5-4-6-8-15/h7H,3-6,8-14H2,1-2H3,(H,18,19). The Labute approximate surface area is 139 Å². The number of guanidine groups is 1. The van der Waals surface area contributed by atoms with E-state index < -0.39 is 0 Å². The normalized spacial score (nSPS) is 19.4. The van der Waals surface area contributed by atoms with Gasteiger partial charge in [0.2, 0.25) is 0 Å². The van der Waals surface area contributed by atoms with Crippen LogP contribution in [0.4, 0.5) is 4.79 Å². The molecule has 0 unspecified atom stereocenters. The Bertz CT molecular complexity index is 440. The maximum atomic E-state index is 11.7. The third-order valence-electron chi connectivity index (χ3n) is 4.43. The van der Waals surface area contributed by atoms with E-state index in [0.717, 1.165) is 32.0 Å².